The van der Waals surface area contributed by atoms with Gasteiger partial charge in [-0.25, -0.2) is 0 Å². The van der Waals surface area contributed by atoms with Crippen LogP contribution in [0.3, 0.4) is 0 Å². The average molecular weight is 561 g/mol. The molecule has 12 nitrogen and oxygen atoms in total. The number of aldehydes is 1. The first kappa shape index (κ1) is 25.6. The van der Waals surface area contributed by atoms with Crippen LogP contribution in [0, 0.1) is 5.92 Å². The molecule has 2 aliphatic rings. The highest BCUT2D eigenvalue weighted by Gasteiger charge is 2.47. The molecule has 210 valence electrons. The molecule has 2 aromatic heterocycles. The molecule has 1 saturated heterocycles. The molecule has 1 aliphatic carbocycles. The van der Waals surface area contributed by atoms with Crippen molar-refractivity contribution in [1.82, 2.24) is 9.55 Å². The first-order chi connectivity index (χ1) is 19.7. The van der Waals surface area contributed by atoms with Crippen molar-refractivity contribution in [1.29, 1.82) is 0 Å². The first-order valence-corrected chi connectivity index (χ1v) is 13.0. The summed E-state index contributed by atoms with van der Waals surface area (Å²) in [6.07, 6.45) is -7.75. The summed E-state index contributed by atoms with van der Waals surface area (Å²) in [6, 6.07) is 9.18. The van der Waals surface area contributed by atoms with E-state index >= 15 is 0 Å². The van der Waals surface area contributed by atoms with Crippen molar-refractivity contribution in [3.8, 4) is 11.5 Å². The zero-order chi connectivity index (χ0) is 28.9. The second-order valence-corrected chi connectivity index (χ2v) is 10.5. The Morgan fingerprint density at radius 3 is 2.17 bits per heavy atom. The number of aliphatic hydroxyl groups is 4. The fourth-order valence-electron chi connectivity index (χ4n) is 6.55. The Morgan fingerprint density at radius 2 is 1.49 bits per heavy atom. The minimum Gasteiger partial charge on any atom is -0.506 e. The smallest absolute Gasteiger partial charge is 0.175 e. The number of aromatic amines is 1. The molecule has 5 aromatic rings. The lowest BCUT2D eigenvalue weighted by atomic mass is 9.96. The number of hydrogen-bond donors (Lipinski definition) is 7. The highest BCUT2D eigenvalue weighted by molar-refractivity contribution is 6.42. The maximum Gasteiger partial charge on any atom is 0.175 e. The number of hydrogen-bond acceptors (Lipinski definition) is 10. The highest BCUT2D eigenvalue weighted by Crippen LogP contribution is 2.50. The number of Topliss-reactive ketones (excluding diaryl/α,β-unsaturated/α-hetero) is 2. The summed E-state index contributed by atoms with van der Waals surface area (Å²) in [6.45, 7) is -0.698. The van der Waals surface area contributed by atoms with E-state index in [1.807, 2.05) is 0 Å². The number of phenolic OH excluding ortho intramolecular Hbond substituents is 2. The summed E-state index contributed by atoms with van der Waals surface area (Å²) in [4.78, 5) is 42.2. The molecule has 12 heteroatoms. The van der Waals surface area contributed by atoms with Gasteiger partial charge in [-0.3, -0.25) is 9.59 Å². The standard InChI is InChI=1S/C29H24N2O10/c32-8-7-12-24(36)18-16-10-3-1-5-13(34)20(10)30-21(16)23-17(19(18)25(12)37)11-4-2-6-14(35)22(11)31(23)29-28(40)27(39)26(38)15(9-33)41-29/h1-6,8,12,15,26-30,33-35,38-40H,7,9H2. The predicted octanol–water partition coefficient (Wildman–Crippen LogP) is 1.40. The Hall–Kier alpha value is -4.33. The summed E-state index contributed by atoms with van der Waals surface area (Å²) in [5.74, 6) is -2.82. The number of phenols is 2. The summed E-state index contributed by atoms with van der Waals surface area (Å²) in [5, 5.41) is 65.1. The second kappa shape index (κ2) is 8.83. The normalized spacial score (nSPS) is 26.5. The topological polar surface area (TPSA) is 203 Å². The molecule has 0 bridgehead atoms. The Kier molecular flexibility index (Phi) is 5.52. The van der Waals surface area contributed by atoms with E-state index in [2.05, 4.69) is 4.98 Å². The summed E-state index contributed by atoms with van der Waals surface area (Å²) in [5.41, 5.74) is 0.887. The quantitative estimate of drug-likeness (QED) is 0.124. The van der Waals surface area contributed by atoms with E-state index in [0.29, 0.717) is 22.4 Å². The largest absolute Gasteiger partial charge is 0.506 e. The van der Waals surface area contributed by atoms with E-state index in [1.165, 1.54) is 22.8 Å². The third kappa shape index (κ3) is 3.19. The monoisotopic (exact) mass is 560 g/mol. The molecule has 3 aromatic carbocycles. The van der Waals surface area contributed by atoms with Crippen LogP contribution in [0.4, 0.5) is 0 Å². The van der Waals surface area contributed by atoms with Gasteiger partial charge in [-0.05, 0) is 12.1 Å². The number of aromatic hydroxyl groups is 2. The number of carbonyl (C=O) groups is 3. The Bertz CT molecular complexity index is 1950. The molecule has 7 N–H and O–H groups in total. The van der Waals surface area contributed by atoms with Gasteiger partial charge in [0.25, 0.3) is 0 Å². The van der Waals surface area contributed by atoms with Crippen molar-refractivity contribution in [2.45, 2.75) is 37.1 Å². The van der Waals surface area contributed by atoms with E-state index in [-0.39, 0.29) is 56.5 Å². The average Bonchev–Trinajstić information content (AvgIpc) is 3.58. The van der Waals surface area contributed by atoms with Gasteiger partial charge in [0.1, 0.15) is 42.2 Å². The zero-order valence-electron chi connectivity index (χ0n) is 21.2. The van der Waals surface area contributed by atoms with Crippen LogP contribution in [0.25, 0.3) is 43.6 Å². The first-order valence-electron chi connectivity index (χ1n) is 13.0. The SMILES string of the molecule is O=CCC1C(=O)c2c(c3c4cccc(O)c4n(C4OC(CO)C(O)C(O)C4O)c3c3[nH]c4c(O)cccc4c23)C1=O. The lowest BCUT2D eigenvalue weighted by Crippen LogP contribution is -2.56. The van der Waals surface area contributed by atoms with Gasteiger partial charge in [-0.2, -0.15) is 0 Å². The van der Waals surface area contributed by atoms with E-state index in [4.69, 9.17) is 4.74 Å². The molecule has 6 atom stereocenters. The molecule has 0 saturated carbocycles. The van der Waals surface area contributed by atoms with Crippen LogP contribution in [0.15, 0.2) is 36.4 Å². The van der Waals surface area contributed by atoms with Crippen LogP contribution in [-0.4, -0.2) is 89.1 Å². The molecular weight excluding hydrogens is 536 g/mol. The van der Waals surface area contributed by atoms with Crippen molar-refractivity contribution in [3.05, 3.63) is 47.5 Å². The lowest BCUT2D eigenvalue weighted by Gasteiger charge is -2.41. The van der Waals surface area contributed by atoms with Crippen molar-refractivity contribution < 1.29 is 49.8 Å². The molecule has 0 spiro atoms. The van der Waals surface area contributed by atoms with Gasteiger partial charge in [-0.1, -0.05) is 24.3 Å². The molecule has 7 rings (SSSR count). The summed E-state index contributed by atoms with van der Waals surface area (Å²) in [7, 11) is 0. The fraction of sp³-hybridized carbons (Fsp3) is 0.276. The van der Waals surface area contributed by atoms with Gasteiger partial charge in [0.05, 0.1) is 34.6 Å². The van der Waals surface area contributed by atoms with Gasteiger partial charge in [0, 0.05) is 39.1 Å². The van der Waals surface area contributed by atoms with E-state index in [0.717, 1.165) is 0 Å². The minimum absolute atomic E-state index is 0.0209. The third-order valence-corrected chi connectivity index (χ3v) is 8.38. The number of ether oxygens (including phenoxy) is 1. The van der Waals surface area contributed by atoms with Gasteiger partial charge in [-0.15, -0.1) is 0 Å². The van der Waals surface area contributed by atoms with Gasteiger partial charge >= 0.3 is 0 Å². The van der Waals surface area contributed by atoms with E-state index < -0.39 is 54.7 Å². The maximum absolute atomic E-state index is 13.9. The molecule has 0 radical (unpaired) electrons. The molecule has 1 fully saturated rings. The highest BCUT2D eigenvalue weighted by atomic mass is 16.6. The number of benzene rings is 3. The van der Waals surface area contributed by atoms with Crippen LogP contribution >= 0.6 is 0 Å². The predicted molar refractivity (Wildman–Crippen MR) is 144 cm³/mol. The number of H-pyrrole nitrogens is 1. The van der Waals surface area contributed by atoms with Crippen molar-refractivity contribution in [2.24, 2.45) is 5.92 Å². The number of rotatable bonds is 4. The lowest BCUT2D eigenvalue weighted by molar-refractivity contribution is -0.249. The van der Waals surface area contributed by atoms with Crippen LogP contribution in [0.5, 0.6) is 11.5 Å². The van der Waals surface area contributed by atoms with Gasteiger partial charge in [0.15, 0.2) is 17.8 Å². The second-order valence-electron chi connectivity index (χ2n) is 10.5. The fourth-order valence-corrected chi connectivity index (χ4v) is 6.55. The molecule has 3 heterocycles. The van der Waals surface area contributed by atoms with Crippen LogP contribution < -0.4 is 0 Å². The number of ketones is 2. The molecule has 1 aliphatic heterocycles. The number of carbonyl (C=O) groups excluding carboxylic acids is 3. The third-order valence-electron chi connectivity index (χ3n) is 8.38. The van der Waals surface area contributed by atoms with Gasteiger partial charge in [0.2, 0.25) is 0 Å². The molecule has 0 amide bonds. The van der Waals surface area contributed by atoms with Crippen molar-refractivity contribution in [3.63, 3.8) is 0 Å². The zero-order valence-corrected chi connectivity index (χ0v) is 21.2. The number of aromatic nitrogens is 2. The molecule has 41 heavy (non-hydrogen) atoms. The summed E-state index contributed by atoms with van der Waals surface area (Å²) >= 11 is 0. The Morgan fingerprint density at radius 1 is 0.829 bits per heavy atom. The number of fused-ring (bicyclic) bond motifs is 10. The summed E-state index contributed by atoms with van der Waals surface area (Å²) < 4.78 is 7.26. The molecular formula is C29H24N2O10. The van der Waals surface area contributed by atoms with Crippen LogP contribution in [-0.2, 0) is 9.53 Å². The number of para-hydroxylation sites is 2. The van der Waals surface area contributed by atoms with Gasteiger partial charge < -0.3 is 49.7 Å². The number of aliphatic hydroxyl groups excluding tert-OH is 4. The van der Waals surface area contributed by atoms with Crippen LogP contribution in [0.1, 0.15) is 33.4 Å². The minimum atomic E-state index is -1.76. The van der Waals surface area contributed by atoms with Crippen molar-refractivity contribution >= 4 is 61.5 Å². The maximum atomic E-state index is 13.9. The van der Waals surface area contributed by atoms with E-state index in [9.17, 15) is 45.0 Å². The van der Waals surface area contributed by atoms with Crippen molar-refractivity contribution in [2.75, 3.05) is 6.61 Å². The Labute approximate surface area is 229 Å². The molecule has 6 unspecified atom stereocenters. The Balaban J connectivity index is 1.73. The van der Waals surface area contributed by atoms with Crippen LogP contribution in [0.2, 0.25) is 0 Å². The number of nitrogens with one attached hydrogen (secondary N) is 1. The number of nitrogens with zero attached hydrogens (tertiary/aromatic N) is 1. The van der Waals surface area contributed by atoms with E-state index in [1.54, 1.807) is 18.2 Å².